The van der Waals surface area contributed by atoms with E-state index in [0.29, 0.717) is 32.8 Å². The summed E-state index contributed by atoms with van der Waals surface area (Å²) in [7, 11) is 0. The van der Waals surface area contributed by atoms with Gasteiger partial charge in [0.1, 0.15) is 5.75 Å². The van der Waals surface area contributed by atoms with Crippen molar-refractivity contribution in [2.45, 2.75) is 0 Å². The summed E-state index contributed by atoms with van der Waals surface area (Å²) < 4.78 is 5.56. The van der Waals surface area contributed by atoms with Crippen molar-refractivity contribution in [3.05, 3.63) is 52.0 Å². The molecule has 2 aromatic carbocycles. The van der Waals surface area contributed by atoms with Crippen LogP contribution >= 0.6 is 23.2 Å². The van der Waals surface area contributed by atoms with E-state index in [0.717, 1.165) is 0 Å². The molecule has 6 heteroatoms. The first-order chi connectivity index (χ1) is 8.97. The quantitative estimate of drug-likeness (QED) is 0.851. The zero-order valence-corrected chi connectivity index (χ0v) is 11.2. The van der Waals surface area contributed by atoms with Crippen molar-refractivity contribution in [1.29, 1.82) is 0 Å². The fourth-order valence-electron chi connectivity index (χ4n) is 1.44. The molecule has 19 heavy (non-hydrogen) atoms. The van der Waals surface area contributed by atoms with Crippen molar-refractivity contribution in [2.75, 3.05) is 5.73 Å². The van der Waals surface area contributed by atoms with Gasteiger partial charge in [-0.1, -0.05) is 23.2 Å². The third kappa shape index (κ3) is 3.10. The van der Waals surface area contributed by atoms with Gasteiger partial charge in [0.15, 0.2) is 5.75 Å². The Morgan fingerprint density at radius 3 is 2.42 bits per heavy atom. The van der Waals surface area contributed by atoms with Crippen LogP contribution in [-0.4, -0.2) is 5.91 Å². The predicted octanol–water partition coefficient (Wildman–Crippen LogP) is 3.47. The molecule has 98 valence electrons. The number of carbonyl (C=O) groups excluding carboxylic acids is 1. The van der Waals surface area contributed by atoms with E-state index in [1.54, 1.807) is 24.3 Å². The Morgan fingerprint density at radius 1 is 1.05 bits per heavy atom. The van der Waals surface area contributed by atoms with Crippen LogP contribution in [0.2, 0.25) is 10.0 Å². The van der Waals surface area contributed by atoms with Gasteiger partial charge in [-0.3, -0.25) is 4.79 Å². The number of primary amides is 1. The largest absolute Gasteiger partial charge is 0.455 e. The lowest BCUT2D eigenvalue weighted by Crippen LogP contribution is -2.11. The van der Waals surface area contributed by atoms with Crippen molar-refractivity contribution in [3.8, 4) is 11.5 Å². The van der Waals surface area contributed by atoms with Crippen LogP contribution in [-0.2, 0) is 0 Å². The van der Waals surface area contributed by atoms with Crippen molar-refractivity contribution < 1.29 is 9.53 Å². The molecule has 0 aliphatic carbocycles. The minimum Gasteiger partial charge on any atom is -0.455 e. The number of amides is 1. The lowest BCUT2D eigenvalue weighted by molar-refractivity contribution is 0.1000. The Bertz CT molecular complexity index is 645. The standard InChI is InChI=1S/C13H10Cl2N2O2/c14-9-3-2-8(6-10(9)15)19-12-5-7(13(17)18)1-4-11(12)16/h1-6H,16H2,(H2,17,18). The van der Waals surface area contributed by atoms with Gasteiger partial charge in [0.25, 0.3) is 0 Å². The molecule has 0 aliphatic rings. The lowest BCUT2D eigenvalue weighted by Gasteiger charge is -2.10. The SMILES string of the molecule is NC(=O)c1ccc(N)c(Oc2ccc(Cl)c(Cl)c2)c1. The Labute approximate surface area is 119 Å². The summed E-state index contributed by atoms with van der Waals surface area (Å²) in [5, 5.41) is 0.789. The fraction of sp³-hybridized carbons (Fsp3) is 0. The Balaban J connectivity index is 2.34. The maximum absolute atomic E-state index is 11.1. The minimum atomic E-state index is -0.556. The molecule has 4 N–H and O–H groups in total. The van der Waals surface area contributed by atoms with E-state index < -0.39 is 5.91 Å². The maximum atomic E-state index is 11.1. The number of nitrogens with two attached hydrogens (primary N) is 2. The molecular formula is C13H10Cl2N2O2. The number of rotatable bonds is 3. The molecule has 0 spiro atoms. The molecule has 0 heterocycles. The maximum Gasteiger partial charge on any atom is 0.248 e. The molecule has 0 radical (unpaired) electrons. The summed E-state index contributed by atoms with van der Waals surface area (Å²) in [6.45, 7) is 0. The van der Waals surface area contributed by atoms with E-state index >= 15 is 0 Å². The number of carbonyl (C=O) groups is 1. The van der Waals surface area contributed by atoms with Crippen LogP contribution in [0.25, 0.3) is 0 Å². The van der Waals surface area contributed by atoms with Gasteiger partial charge in [-0.05, 0) is 30.3 Å². The third-order valence-electron chi connectivity index (χ3n) is 2.42. The van der Waals surface area contributed by atoms with Crippen molar-refractivity contribution >= 4 is 34.8 Å². The first-order valence-electron chi connectivity index (χ1n) is 5.29. The van der Waals surface area contributed by atoms with Crippen molar-refractivity contribution in [1.82, 2.24) is 0 Å². The highest BCUT2D eigenvalue weighted by molar-refractivity contribution is 6.42. The second kappa shape index (κ2) is 5.38. The Kier molecular flexibility index (Phi) is 3.83. The zero-order valence-electron chi connectivity index (χ0n) is 9.69. The van der Waals surface area contributed by atoms with Gasteiger partial charge < -0.3 is 16.2 Å². The van der Waals surface area contributed by atoms with Gasteiger partial charge in [-0.15, -0.1) is 0 Å². The highest BCUT2D eigenvalue weighted by atomic mass is 35.5. The van der Waals surface area contributed by atoms with Gasteiger partial charge in [0.05, 0.1) is 15.7 Å². The van der Waals surface area contributed by atoms with E-state index in [-0.39, 0.29) is 0 Å². The van der Waals surface area contributed by atoms with Crippen LogP contribution in [0.3, 0.4) is 0 Å². The van der Waals surface area contributed by atoms with E-state index in [9.17, 15) is 4.79 Å². The number of nitrogen functional groups attached to an aromatic ring is 1. The van der Waals surface area contributed by atoms with E-state index in [4.69, 9.17) is 39.4 Å². The second-order valence-electron chi connectivity index (χ2n) is 3.79. The number of halogens is 2. The second-order valence-corrected chi connectivity index (χ2v) is 4.61. The number of ether oxygens (including phenoxy) is 1. The molecule has 1 amide bonds. The van der Waals surface area contributed by atoms with Gasteiger partial charge >= 0.3 is 0 Å². The molecule has 0 saturated carbocycles. The fourth-order valence-corrected chi connectivity index (χ4v) is 1.73. The summed E-state index contributed by atoms with van der Waals surface area (Å²) >= 11 is 11.7. The highest BCUT2D eigenvalue weighted by Gasteiger charge is 2.08. The van der Waals surface area contributed by atoms with Gasteiger partial charge in [0.2, 0.25) is 5.91 Å². The average molecular weight is 297 g/mol. The summed E-state index contributed by atoms with van der Waals surface area (Å²) in [4.78, 5) is 11.1. The Morgan fingerprint density at radius 2 is 1.79 bits per heavy atom. The van der Waals surface area contributed by atoms with E-state index in [1.165, 1.54) is 12.1 Å². The molecule has 4 nitrogen and oxygen atoms in total. The van der Waals surface area contributed by atoms with Gasteiger partial charge in [-0.25, -0.2) is 0 Å². The molecule has 0 aromatic heterocycles. The molecule has 2 aromatic rings. The molecule has 0 fully saturated rings. The normalized spacial score (nSPS) is 10.2. The number of hydrogen-bond acceptors (Lipinski definition) is 3. The van der Waals surface area contributed by atoms with Crippen LogP contribution in [0.15, 0.2) is 36.4 Å². The molecule has 0 atom stereocenters. The van der Waals surface area contributed by atoms with Crippen LogP contribution in [0.5, 0.6) is 11.5 Å². The highest BCUT2D eigenvalue weighted by Crippen LogP contribution is 2.32. The molecule has 0 aliphatic heterocycles. The lowest BCUT2D eigenvalue weighted by atomic mass is 10.2. The first kappa shape index (κ1) is 13.5. The van der Waals surface area contributed by atoms with Crippen molar-refractivity contribution in [3.63, 3.8) is 0 Å². The van der Waals surface area contributed by atoms with Crippen LogP contribution in [0, 0.1) is 0 Å². The first-order valence-corrected chi connectivity index (χ1v) is 6.05. The van der Waals surface area contributed by atoms with E-state index in [1.807, 2.05) is 0 Å². The van der Waals surface area contributed by atoms with Gasteiger partial charge in [-0.2, -0.15) is 0 Å². The minimum absolute atomic E-state index is 0.310. The number of anilines is 1. The third-order valence-corrected chi connectivity index (χ3v) is 3.16. The molecule has 0 unspecified atom stereocenters. The number of hydrogen-bond donors (Lipinski definition) is 2. The summed E-state index contributed by atoms with van der Waals surface area (Å²) in [6, 6.07) is 9.35. The monoisotopic (exact) mass is 296 g/mol. The summed E-state index contributed by atoms with van der Waals surface area (Å²) in [5.74, 6) is 0.233. The molecule has 2 rings (SSSR count). The van der Waals surface area contributed by atoms with E-state index in [2.05, 4.69) is 0 Å². The van der Waals surface area contributed by atoms with Crippen molar-refractivity contribution in [2.24, 2.45) is 5.73 Å². The molecule has 0 saturated heterocycles. The van der Waals surface area contributed by atoms with Crippen LogP contribution in [0.1, 0.15) is 10.4 Å². The predicted molar refractivity (Wildman–Crippen MR) is 75.9 cm³/mol. The Hall–Kier alpha value is -1.91. The summed E-state index contributed by atoms with van der Waals surface area (Å²) in [5.41, 5.74) is 11.7. The summed E-state index contributed by atoms with van der Waals surface area (Å²) in [6.07, 6.45) is 0. The topological polar surface area (TPSA) is 78.3 Å². The number of benzene rings is 2. The van der Waals surface area contributed by atoms with Crippen LogP contribution in [0.4, 0.5) is 5.69 Å². The smallest absolute Gasteiger partial charge is 0.248 e. The zero-order chi connectivity index (χ0) is 14.0. The van der Waals surface area contributed by atoms with Gasteiger partial charge in [0, 0.05) is 11.6 Å². The average Bonchev–Trinajstić information content (AvgIpc) is 2.36. The van der Waals surface area contributed by atoms with Crippen LogP contribution < -0.4 is 16.2 Å². The molecular weight excluding hydrogens is 287 g/mol. The molecule has 0 bridgehead atoms.